The molecule has 140 valence electrons. The number of carbonyl (C=O) groups excluding carboxylic acids is 2. The third kappa shape index (κ3) is 3.78. The van der Waals surface area contributed by atoms with E-state index in [0.29, 0.717) is 0 Å². The number of nitrogens with zero attached hydrogens (tertiary/aromatic N) is 1. The second-order valence-electron chi connectivity index (χ2n) is 6.25. The van der Waals surface area contributed by atoms with Crippen LogP contribution in [0, 0.1) is 0 Å². The lowest BCUT2D eigenvalue weighted by Gasteiger charge is -2.20. The van der Waals surface area contributed by atoms with Crippen molar-refractivity contribution in [1.29, 1.82) is 0 Å². The van der Waals surface area contributed by atoms with Crippen molar-refractivity contribution in [3.63, 3.8) is 0 Å². The highest BCUT2D eigenvalue weighted by molar-refractivity contribution is 5.94. The van der Waals surface area contributed by atoms with E-state index in [0.717, 1.165) is 22.2 Å². The highest BCUT2D eigenvalue weighted by Gasteiger charge is 2.18. The van der Waals surface area contributed by atoms with Gasteiger partial charge in [0.15, 0.2) is 5.76 Å². The summed E-state index contributed by atoms with van der Waals surface area (Å²) in [5.74, 6) is -0.578. The second kappa shape index (κ2) is 7.79. The predicted octanol–water partition coefficient (Wildman–Crippen LogP) is 2.79. The maximum absolute atomic E-state index is 12.5. The number of furan rings is 1. The van der Waals surface area contributed by atoms with Crippen LogP contribution in [-0.4, -0.2) is 28.3 Å². The summed E-state index contributed by atoms with van der Waals surface area (Å²) in [5.41, 5.74) is 3.59. The fourth-order valence-corrected chi connectivity index (χ4v) is 3.00. The molecule has 4 aromatic rings. The fourth-order valence-electron chi connectivity index (χ4n) is 3.00. The molecule has 0 aliphatic rings. The molecule has 0 aliphatic heterocycles. The first-order valence-corrected chi connectivity index (χ1v) is 8.80. The average molecular weight is 374 g/mol. The minimum Gasteiger partial charge on any atom is -0.459 e. The van der Waals surface area contributed by atoms with Crippen LogP contribution >= 0.6 is 0 Å². The lowest BCUT2D eigenvalue weighted by molar-refractivity contribution is -0.120. The Morgan fingerprint density at radius 2 is 1.89 bits per heavy atom. The Morgan fingerprint density at radius 3 is 2.68 bits per heavy atom. The van der Waals surface area contributed by atoms with Crippen LogP contribution in [0.2, 0.25) is 0 Å². The Morgan fingerprint density at radius 1 is 1.04 bits per heavy atom. The Hall–Kier alpha value is -3.87. The zero-order chi connectivity index (χ0) is 19.3. The minimum absolute atomic E-state index is 0.158. The molecule has 0 bridgehead atoms. The molecule has 2 heterocycles. The van der Waals surface area contributed by atoms with Crippen LogP contribution in [-0.2, 0) is 4.79 Å². The number of amides is 2. The van der Waals surface area contributed by atoms with E-state index in [9.17, 15) is 9.59 Å². The quantitative estimate of drug-likeness (QED) is 0.483. The average Bonchev–Trinajstić information content (AvgIpc) is 3.42. The van der Waals surface area contributed by atoms with E-state index < -0.39 is 5.91 Å². The van der Waals surface area contributed by atoms with Crippen molar-refractivity contribution >= 4 is 22.8 Å². The maximum Gasteiger partial charge on any atom is 0.287 e. The molecule has 2 aromatic heterocycles. The zero-order valence-electron chi connectivity index (χ0n) is 14.9. The van der Waals surface area contributed by atoms with Gasteiger partial charge in [0.1, 0.15) is 0 Å². The number of hydrogen-bond donors (Lipinski definition) is 3. The number of hydrogen-bond acceptors (Lipinski definition) is 4. The van der Waals surface area contributed by atoms with Gasteiger partial charge in [0, 0.05) is 0 Å². The Balaban J connectivity index is 1.52. The third-order valence-corrected chi connectivity index (χ3v) is 4.37. The first kappa shape index (κ1) is 17.5. The first-order chi connectivity index (χ1) is 13.7. The molecule has 7 heteroatoms. The highest BCUT2D eigenvalue weighted by atomic mass is 16.3. The van der Waals surface area contributed by atoms with Crippen LogP contribution in [0.4, 0.5) is 0 Å². The Kier molecular flexibility index (Phi) is 4.88. The second-order valence-corrected chi connectivity index (χ2v) is 6.25. The van der Waals surface area contributed by atoms with Gasteiger partial charge in [-0.1, -0.05) is 36.4 Å². The topological polar surface area (TPSA) is 100 Å². The lowest BCUT2D eigenvalue weighted by Crippen LogP contribution is -2.38. The molecule has 0 fully saturated rings. The number of aromatic amines is 1. The summed E-state index contributed by atoms with van der Waals surface area (Å²) in [6.07, 6.45) is 3.04. The summed E-state index contributed by atoms with van der Waals surface area (Å²) in [4.78, 5) is 31.8. The van der Waals surface area contributed by atoms with E-state index in [1.807, 2.05) is 48.5 Å². The van der Waals surface area contributed by atoms with Crippen molar-refractivity contribution in [3.05, 3.63) is 90.1 Å². The van der Waals surface area contributed by atoms with E-state index >= 15 is 0 Å². The molecule has 2 aromatic carbocycles. The van der Waals surface area contributed by atoms with Crippen molar-refractivity contribution in [2.75, 3.05) is 6.54 Å². The number of nitrogens with one attached hydrogen (secondary N) is 3. The summed E-state index contributed by atoms with van der Waals surface area (Å²) in [6.45, 7) is -0.158. The number of aromatic nitrogens is 2. The van der Waals surface area contributed by atoms with Gasteiger partial charge in [0.2, 0.25) is 5.91 Å². The van der Waals surface area contributed by atoms with Crippen molar-refractivity contribution in [1.82, 2.24) is 20.6 Å². The number of benzene rings is 2. The smallest absolute Gasteiger partial charge is 0.287 e. The van der Waals surface area contributed by atoms with E-state index in [1.54, 1.807) is 18.5 Å². The first-order valence-electron chi connectivity index (χ1n) is 8.80. The summed E-state index contributed by atoms with van der Waals surface area (Å²) in [7, 11) is 0. The summed E-state index contributed by atoms with van der Waals surface area (Å²) < 4.78 is 5.03. The van der Waals surface area contributed by atoms with Gasteiger partial charge < -0.3 is 20.0 Å². The van der Waals surface area contributed by atoms with Gasteiger partial charge in [-0.25, -0.2) is 4.98 Å². The number of H-pyrrole nitrogens is 1. The van der Waals surface area contributed by atoms with Crippen molar-refractivity contribution in [2.24, 2.45) is 0 Å². The van der Waals surface area contributed by atoms with E-state index in [-0.39, 0.29) is 24.3 Å². The van der Waals surface area contributed by atoms with Crippen LogP contribution < -0.4 is 10.6 Å². The SMILES string of the molecule is O=C(CNC(=O)c1ccco1)N[C@@H](c1ccccc1)c1ccc2nc[nH]c2c1. The molecule has 3 N–H and O–H groups in total. The molecule has 28 heavy (non-hydrogen) atoms. The highest BCUT2D eigenvalue weighted by Crippen LogP contribution is 2.24. The van der Waals surface area contributed by atoms with Crippen LogP contribution in [0.3, 0.4) is 0 Å². The largest absolute Gasteiger partial charge is 0.459 e. The normalized spacial score (nSPS) is 11.9. The molecule has 7 nitrogen and oxygen atoms in total. The number of imidazole rings is 1. The molecule has 2 amide bonds. The van der Waals surface area contributed by atoms with Gasteiger partial charge in [-0.2, -0.15) is 0 Å². The van der Waals surface area contributed by atoms with Crippen LogP contribution in [0.5, 0.6) is 0 Å². The van der Waals surface area contributed by atoms with E-state index in [4.69, 9.17) is 4.42 Å². The molecule has 0 spiro atoms. The molecule has 0 unspecified atom stereocenters. The standard InChI is InChI=1S/C21H18N4O3/c26-19(12-22-21(27)18-7-4-10-28-18)25-20(14-5-2-1-3-6-14)15-8-9-16-17(11-15)24-13-23-16/h1-11,13,20H,12H2,(H,22,27)(H,23,24)(H,25,26)/t20-/m0/s1. The van der Waals surface area contributed by atoms with Crippen molar-refractivity contribution in [3.8, 4) is 0 Å². The Bertz CT molecular complexity index is 1090. The predicted molar refractivity (Wildman–Crippen MR) is 104 cm³/mol. The number of carbonyl (C=O) groups is 2. The zero-order valence-corrected chi connectivity index (χ0v) is 14.9. The van der Waals surface area contributed by atoms with Gasteiger partial charge in [-0.15, -0.1) is 0 Å². The molecule has 0 radical (unpaired) electrons. The maximum atomic E-state index is 12.5. The monoisotopic (exact) mass is 374 g/mol. The minimum atomic E-state index is -0.435. The molecule has 0 aliphatic carbocycles. The lowest BCUT2D eigenvalue weighted by atomic mass is 9.98. The summed E-state index contributed by atoms with van der Waals surface area (Å²) in [6, 6.07) is 18.3. The number of rotatable bonds is 6. The van der Waals surface area contributed by atoms with Crippen molar-refractivity contribution in [2.45, 2.75) is 6.04 Å². The van der Waals surface area contributed by atoms with E-state index in [1.165, 1.54) is 6.26 Å². The van der Waals surface area contributed by atoms with Gasteiger partial charge in [0.05, 0.1) is 36.2 Å². The van der Waals surface area contributed by atoms with Crippen LogP contribution in [0.1, 0.15) is 27.7 Å². The van der Waals surface area contributed by atoms with E-state index in [2.05, 4.69) is 20.6 Å². The molecule has 0 saturated heterocycles. The van der Waals surface area contributed by atoms with Crippen LogP contribution in [0.25, 0.3) is 11.0 Å². The Labute approximate surface area is 160 Å². The molecule has 0 saturated carbocycles. The third-order valence-electron chi connectivity index (χ3n) is 4.37. The molecular formula is C21H18N4O3. The van der Waals surface area contributed by atoms with Crippen molar-refractivity contribution < 1.29 is 14.0 Å². The van der Waals surface area contributed by atoms with Crippen LogP contribution in [0.15, 0.2) is 77.7 Å². The summed E-state index contributed by atoms with van der Waals surface area (Å²) >= 11 is 0. The summed E-state index contributed by atoms with van der Waals surface area (Å²) in [5, 5.41) is 5.55. The van der Waals surface area contributed by atoms with Gasteiger partial charge >= 0.3 is 0 Å². The molecular weight excluding hydrogens is 356 g/mol. The number of fused-ring (bicyclic) bond motifs is 1. The fraction of sp³-hybridized carbons (Fsp3) is 0.0952. The van der Waals surface area contributed by atoms with Gasteiger partial charge in [-0.3, -0.25) is 9.59 Å². The van der Waals surface area contributed by atoms with Gasteiger partial charge in [-0.05, 0) is 35.4 Å². The molecule has 4 rings (SSSR count). The molecule has 1 atom stereocenters. The van der Waals surface area contributed by atoms with Gasteiger partial charge in [0.25, 0.3) is 5.91 Å².